The number of amides is 3. The van der Waals surface area contributed by atoms with Crippen LogP contribution in [0.15, 0.2) is 46.9 Å². The molecule has 0 saturated carbocycles. The summed E-state index contributed by atoms with van der Waals surface area (Å²) in [5.74, 6) is 0.516. The summed E-state index contributed by atoms with van der Waals surface area (Å²) < 4.78 is 6.63. The summed E-state index contributed by atoms with van der Waals surface area (Å²) in [5, 5.41) is 3.10. The van der Waals surface area contributed by atoms with Crippen LogP contribution in [0.5, 0.6) is 5.75 Å². The van der Waals surface area contributed by atoms with E-state index in [0.717, 1.165) is 15.8 Å². The maximum Gasteiger partial charge on any atom is 0.257 e. The van der Waals surface area contributed by atoms with Crippen molar-refractivity contribution in [1.82, 2.24) is 10.2 Å². The van der Waals surface area contributed by atoms with E-state index in [1.807, 2.05) is 37.3 Å². The first-order chi connectivity index (χ1) is 15.4. The molecule has 0 radical (unpaired) electrons. The molecule has 3 aliphatic rings. The molecule has 166 valence electrons. The third-order valence-corrected chi connectivity index (χ3v) is 7.15. The first kappa shape index (κ1) is 21.0. The monoisotopic (exact) mass is 497 g/mol. The van der Waals surface area contributed by atoms with Crippen LogP contribution < -0.4 is 15.0 Å². The standard InChI is InChI=1S/C24H24BrN3O4/c1-24-11-8-22(30)28(24)19-5-3-2-4-16(19)23(31)27(24)12-9-21(29)26-18-10-13-32-20-7-6-15(25)14-17(18)20/h2-7,14,18H,8-13H2,1H3,(H,26,29). The molecule has 2 aromatic rings. The van der Waals surface area contributed by atoms with Gasteiger partial charge in [0.15, 0.2) is 0 Å². The summed E-state index contributed by atoms with van der Waals surface area (Å²) in [4.78, 5) is 42.3. The van der Waals surface area contributed by atoms with Gasteiger partial charge in [0.05, 0.1) is 23.9 Å². The Labute approximate surface area is 194 Å². The molecule has 2 aromatic carbocycles. The van der Waals surface area contributed by atoms with Crippen LogP contribution >= 0.6 is 15.9 Å². The van der Waals surface area contributed by atoms with Crippen molar-refractivity contribution >= 4 is 39.3 Å². The van der Waals surface area contributed by atoms with E-state index in [-0.39, 0.29) is 36.7 Å². The van der Waals surface area contributed by atoms with Crippen LogP contribution in [-0.4, -0.2) is 41.4 Å². The number of ether oxygens (including phenoxy) is 1. The molecular formula is C24H24BrN3O4. The average Bonchev–Trinajstić information content (AvgIpc) is 3.09. The van der Waals surface area contributed by atoms with E-state index >= 15 is 0 Å². The number of fused-ring (bicyclic) bond motifs is 4. The predicted molar refractivity (Wildman–Crippen MR) is 122 cm³/mol. The van der Waals surface area contributed by atoms with Gasteiger partial charge in [-0.1, -0.05) is 28.1 Å². The number of halogens is 1. The van der Waals surface area contributed by atoms with Crippen LogP contribution in [-0.2, 0) is 9.59 Å². The summed E-state index contributed by atoms with van der Waals surface area (Å²) in [7, 11) is 0. The first-order valence-electron chi connectivity index (χ1n) is 10.8. The normalized spacial score (nSPS) is 23.9. The van der Waals surface area contributed by atoms with Gasteiger partial charge in [0.2, 0.25) is 11.8 Å². The fraction of sp³-hybridized carbons (Fsp3) is 0.375. The van der Waals surface area contributed by atoms with E-state index in [1.165, 1.54) is 0 Å². The first-order valence-corrected chi connectivity index (χ1v) is 11.6. The second kappa shape index (κ2) is 7.92. The van der Waals surface area contributed by atoms with Gasteiger partial charge in [0.25, 0.3) is 5.91 Å². The van der Waals surface area contributed by atoms with E-state index < -0.39 is 5.66 Å². The van der Waals surface area contributed by atoms with Gasteiger partial charge in [0.1, 0.15) is 11.4 Å². The Morgan fingerprint density at radius 2 is 2.06 bits per heavy atom. The van der Waals surface area contributed by atoms with Gasteiger partial charge in [-0.05, 0) is 43.7 Å². The number of nitrogens with one attached hydrogen (secondary N) is 1. The summed E-state index contributed by atoms with van der Waals surface area (Å²) in [6.45, 7) is 2.69. The molecule has 1 saturated heterocycles. The average molecular weight is 498 g/mol. The zero-order valence-corrected chi connectivity index (χ0v) is 19.4. The van der Waals surface area contributed by atoms with Gasteiger partial charge in [0, 0.05) is 35.8 Å². The Kier molecular flexibility index (Phi) is 5.20. The van der Waals surface area contributed by atoms with Crippen molar-refractivity contribution in [1.29, 1.82) is 0 Å². The molecule has 0 spiro atoms. The fourth-order valence-corrected chi connectivity index (χ4v) is 5.42. The molecule has 3 aliphatic heterocycles. The quantitative estimate of drug-likeness (QED) is 0.696. The van der Waals surface area contributed by atoms with E-state index in [2.05, 4.69) is 21.2 Å². The van der Waals surface area contributed by atoms with Crippen molar-refractivity contribution in [3.05, 3.63) is 58.1 Å². The van der Waals surface area contributed by atoms with Gasteiger partial charge < -0.3 is 15.0 Å². The molecule has 32 heavy (non-hydrogen) atoms. The number of rotatable bonds is 4. The summed E-state index contributed by atoms with van der Waals surface area (Å²) in [5.41, 5.74) is 1.36. The van der Waals surface area contributed by atoms with E-state index in [1.54, 1.807) is 21.9 Å². The van der Waals surface area contributed by atoms with Crippen LogP contribution in [0.3, 0.4) is 0 Å². The molecule has 7 nitrogen and oxygen atoms in total. The highest BCUT2D eigenvalue weighted by Crippen LogP contribution is 2.44. The van der Waals surface area contributed by atoms with Crippen LogP contribution in [0.4, 0.5) is 5.69 Å². The number of hydrogen-bond donors (Lipinski definition) is 1. The van der Waals surface area contributed by atoms with Crippen LogP contribution in [0.25, 0.3) is 0 Å². The molecule has 3 heterocycles. The number of carbonyl (C=O) groups excluding carboxylic acids is 3. The lowest BCUT2D eigenvalue weighted by Crippen LogP contribution is -2.62. The Morgan fingerprint density at radius 3 is 2.91 bits per heavy atom. The third-order valence-electron chi connectivity index (χ3n) is 6.65. The molecule has 2 unspecified atom stereocenters. The zero-order chi connectivity index (χ0) is 22.5. The number of benzene rings is 2. The van der Waals surface area contributed by atoms with Crippen molar-refractivity contribution < 1.29 is 19.1 Å². The number of nitrogens with zero attached hydrogens (tertiary/aromatic N) is 2. The number of anilines is 1. The largest absolute Gasteiger partial charge is 0.493 e. The molecular weight excluding hydrogens is 474 g/mol. The minimum absolute atomic E-state index is 0.00583. The lowest BCUT2D eigenvalue weighted by atomic mass is 9.97. The molecule has 0 aliphatic carbocycles. The lowest BCUT2D eigenvalue weighted by Gasteiger charge is -2.48. The predicted octanol–water partition coefficient (Wildman–Crippen LogP) is 3.78. The number of carbonyl (C=O) groups is 3. The van der Waals surface area contributed by atoms with Gasteiger partial charge in [-0.2, -0.15) is 0 Å². The van der Waals surface area contributed by atoms with Crippen molar-refractivity contribution in [3.8, 4) is 5.75 Å². The summed E-state index contributed by atoms with van der Waals surface area (Å²) >= 11 is 3.48. The zero-order valence-electron chi connectivity index (χ0n) is 17.8. The van der Waals surface area contributed by atoms with Gasteiger partial charge in [-0.25, -0.2) is 0 Å². The second-order valence-corrected chi connectivity index (χ2v) is 9.53. The van der Waals surface area contributed by atoms with Gasteiger partial charge >= 0.3 is 0 Å². The van der Waals surface area contributed by atoms with Crippen LogP contribution in [0, 0.1) is 0 Å². The molecule has 5 rings (SSSR count). The summed E-state index contributed by atoms with van der Waals surface area (Å²) in [6.07, 6.45) is 1.78. The fourth-order valence-electron chi connectivity index (χ4n) is 5.04. The summed E-state index contributed by atoms with van der Waals surface area (Å²) in [6, 6.07) is 12.8. The Bertz CT molecular complexity index is 1120. The smallest absolute Gasteiger partial charge is 0.257 e. The van der Waals surface area contributed by atoms with E-state index in [9.17, 15) is 14.4 Å². The minimum atomic E-state index is -0.751. The Morgan fingerprint density at radius 1 is 1.25 bits per heavy atom. The van der Waals surface area contributed by atoms with E-state index in [0.29, 0.717) is 37.1 Å². The molecule has 1 fully saturated rings. The number of para-hydroxylation sites is 1. The van der Waals surface area contributed by atoms with Crippen molar-refractivity contribution in [2.75, 3.05) is 18.1 Å². The molecule has 8 heteroatoms. The van der Waals surface area contributed by atoms with Crippen molar-refractivity contribution in [2.45, 2.75) is 44.3 Å². The highest BCUT2D eigenvalue weighted by Gasteiger charge is 2.52. The van der Waals surface area contributed by atoms with Gasteiger partial charge in [-0.15, -0.1) is 0 Å². The molecule has 2 atom stereocenters. The third kappa shape index (κ3) is 3.37. The Hall–Kier alpha value is -2.87. The van der Waals surface area contributed by atoms with Crippen molar-refractivity contribution in [3.63, 3.8) is 0 Å². The molecule has 1 N–H and O–H groups in total. The molecule has 0 aromatic heterocycles. The maximum absolute atomic E-state index is 13.3. The van der Waals surface area contributed by atoms with Gasteiger partial charge in [-0.3, -0.25) is 19.3 Å². The van der Waals surface area contributed by atoms with E-state index in [4.69, 9.17) is 4.74 Å². The van der Waals surface area contributed by atoms with Crippen LogP contribution in [0.1, 0.15) is 54.6 Å². The second-order valence-electron chi connectivity index (χ2n) is 8.61. The van der Waals surface area contributed by atoms with Crippen molar-refractivity contribution in [2.24, 2.45) is 0 Å². The highest BCUT2D eigenvalue weighted by atomic mass is 79.9. The molecule has 0 bridgehead atoms. The maximum atomic E-state index is 13.3. The van der Waals surface area contributed by atoms with Crippen LogP contribution in [0.2, 0.25) is 0 Å². The Balaban J connectivity index is 1.33. The topological polar surface area (TPSA) is 79.0 Å². The highest BCUT2D eigenvalue weighted by molar-refractivity contribution is 9.10. The lowest BCUT2D eigenvalue weighted by molar-refractivity contribution is -0.122. The molecule has 3 amide bonds. The SMILES string of the molecule is CC12CCC(=O)N1c1ccccc1C(=O)N2CCC(=O)NC1CCOc2ccc(Br)cc21. The minimum Gasteiger partial charge on any atom is -0.493 e. The number of hydrogen-bond acceptors (Lipinski definition) is 4.